The van der Waals surface area contributed by atoms with Gasteiger partial charge >= 0.3 is 0 Å². The summed E-state index contributed by atoms with van der Waals surface area (Å²) in [5.74, 6) is -0.707. The van der Waals surface area contributed by atoms with Crippen molar-refractivity contribution in [2.45, 2.75) is 6.42 Å². The van der Waals surface area contributed by atoms with Crippen molar-refractivity contribution in [1.82, 2.24) is 10.6 Å². The van der Waals surface area contributed by atoms with E-state index in [1.54, 1.807) is 30.3 Å². The Labute approximate surface area is 142 Å². The summed E-state index contributed by atoms with van der Waals surface area (Å²) in [5, 5.41) is 5.44. The second kappa shape index (κ2) is 8.43. The van der Waals surface area contributed by atoms with Crippen LogP contribution in [-0.2, 0) is 11.2 Å². The molecule has 0 unspecified atom stereocenters. The summed E-state index contributed by atoms with van der Waals surface area (Å²) in [4.78, 5) is 23.7. The zero-order valence-electron chi connectivity index (χ0n) is 12.3. The van der Waals surface area contributed by atoms with Gasteiger partial charge in [-0.3, -0.25) is 9.59 Å². The van der Waals surface area contributed by atoms with Gasteiger partial charge in [-0.1, -0.05) is 24.3 Å². The van der Waals surface area contributed by atoms with Gasteiger partial charge in [0.15, 0.2) is 0 Å². The molecule has 0 aliphatic carbocycles. The molecular weight excluding hydrogens is 363 g/mol. The molecular formula is C17H16BrFN2O2. The largest absolute Gasteiger partial charge is 0.354 e. The number of hydrogen-bond acceptors (Lipinski definition) is 2. The summed E-state index contributed by atoms with van der Waals surface area (Å²) in [5.41, 5.74) is 1.28. The highest BCUT2D eigenvalue weighted by Crippen LogP contribution is 2.15. The van der Waals surface area contributed by atoms with Crippen molar-refractivity contribution in [1.29, 1.82) is 0 Å². The van der Waals surface area contributed by atoms with E-state index in [1.807, 2.05) is 6.07 Å². The number of benzene rings is 2. The molecule has 0 radical (unpaired) electrons. The molecule has 0 aliphatic rings. The SMILES string of the molecule is O=C(Cc1ccc(F)cc1)NCCNC(=O)c1ccccc1Br. The lowest BCUT2D eigenvalue weighted by Gasteiger charge is -2.08. The quantitative estimate of drug-likeness (QED) is 0.759. The normalized spacial score (nSPS) is 10.2. The number of halogens is 2. The third kappa shape index (κ3) is 5.49. The molecule has 0 bridgehead atoms. The molecule has 2 rings (SSSR count). The van der Waals surface area contributed by atoms with Gasteiger partial charge in [-0.25, -0.2) is 4.39 Å². The molecule has 2 N–H and O–H groups in total. The first-order valence-electron chi connectivity index (χ1n) is 7.10. The highest BCUT2D eigenvalue weighted by molar-refractivity contribution is 9.10. The Morgan fingerprint density at radius 3 is 2.30 bits per heavy atom. The van der Waals surface area contributed by atoms with E-state index in [2.05, 4.69) is 26.6 Å². The number of carbonyl (C=O) groups is 2. The topological polar surface area (TPSA) is 58.2 Å². The van der Waals surface area contributed by atoms with Gasteiger partial charge in [0.2, 0.25) is 5.91 Å². The summed E-state index contributed by atoms with van der Waals surface area (Å²) >= 11 is 3.31. The van der Waals surface area contributed by atoms with Crippen LogP contribution in [0.2, 0.25) is 0 Å². The predicted octanol–water partition coefficient (Wildman–Crippen LogP) is 2.68. The maximum absolute atomic E-state index is 12.8. The van der Waals surface area contributed by atoms with E-state index in [1.165, 1.54) is 12.1 Å². The van der Waals surface area contributed by atoms with Crippen LogP contribution in [0.5, 0.6) is 0 Å². The van der Waals surface area contributed by atoms with E-state index in [4.69, 9.17) is 0 Å². The molecule has 4 nitrogen and oxygen atoms in total. The molecule has 0 saturated heterocycles. The summed E-state index contributed by atoms with van der Waals surface area (Å²) in [6.07, 6.45) is 0.179. The lowest BCUT2D eigenvalue weighted by Crippen LogP contribution is -2.35. The van der Waals surface area contributed by atoms with Crippen LogP contribution in [0.3, 0.4) is 0 Å². The minimum absolute atomic E-state index is 0.174. The van der Waals surface area contributed by atoms with Crippen molar-refractivity contribution < 1.29 is 14.0 Å². The third-order valence-corrected chi connectivity index (χ3v) is 3.82. The minimum atomic E-state index is -0.330. The second-order valence-corrected chi connectivity index (χ2v) is 5.74. The molecule has 23 heavy (non-hydrogen) atoms. The maximum atomic E-state index is 12.8. The van der Waals surface area contributed by atoms with Crippen molar-refractivity contribution in [3.8, 4) is 0 Å². The predicted molar refractivity (Wildman–Crippen MR) is 89.6 cm³/mol. The molecule has 6 heteroatoms. The highest BCUT2D eigenvalue weighted by Gasteiger charge is 2.08. The van der Waals surface area contributed by atoms with Gasteiger partial charge in [-0.15, -0.1) is 0 Å². The third-order valence-electron chi connectivity index (χ3n) is 3.13. The lowest BCUT2D eigenvalue weighted by atomic mass is 10.1. The van der Waals surface area contributed by atoms with Crippen molar-refractivity contribution >= 4 is 27.7 Å². The standard InChI is InChI=1S/C17H16BrFN2O2/c18-15-4-2-1-3-14(15)17(23)21-10-9-20-16(22)11-12-5-7-13(19)8-6-12/h1-8H,9-11H2,(H,20,22)(H,21,23). The Kier molecular flexibility index (Phi) is 6.29. The first-order valence-corrected chi connectivity index (χ1v) is 7.89. The number of hydrogen-bond donors (Lipinski definition) is 2. The number of nitrogens with one attached hydrogen (secondary N) is 2. The van der Waals surface area contributed by atoms with Crippen LogP contribution in [0.15, 0.2) is 53.0 Å². The summed E-state index contributed by atoms with van der Waals surface area (Å²) in [6, 6.07) is 12.9. The summed E-state index contributed by atoms with van der Waals surface area (Å²) in [6.45, 7) is 0.658. The van der Waals surface area contributed by atoms with Gasteiger partial charge in [0.05, 0.1) is 12.0 Å². The fourth-order valence-corrected chi connectivity index (χ4v) is 2.43. The molecule has 0 atom stereocenters. The molecule has 120 valence electrons. The fraction of sp³-hybridized carbons (Fsp3) is 0.176. The minimum Gasteiger partial charge on any atom is -0.354 e. The number of carbonyl (C=O) groups excluding carboxylic acids is 2. The molecule has 2 amide bonds. The zero-order valence-corrected chi connectivity index (χ0v) is 13.9. The van der Waals surface area contributed by atoms with E-state index in [0.717, 1.165) is 10.0 Å². The summed E-state index contributed by atoms with van der Waals surface area (Å²) < 4.78 is 13.5. The molecule has 0 aliphatic heterocycles. The second-order valence-electron chi connectivity index (χ2n) is 4.89. The van der Waals surface area contributed by atoms with Crippen molar-refractivity contribution in [3.05, 3.63) is 69.9 Å². The van der Waals surface area contributed by atoms with Crippen molar-refractivity contribution in [3.63, 3.8) is 0 Å². The van der Waals surface area contributed by atoms with Crippen LogP contribution < -0.4 is 10.6 Å². The zero-order chi connectivity index (χ0) is 16.7. The Hall–Kier alpha value is -2.21. The van der Waals surface area contributed by atoms with E-state index in [0.29, 0.717) is 18.7 Å². The van der Waals surface area contributed by atoms with E-state index < -0.39 is 0 Å². The average Bonchev–Trinajstić information content (AvgIpc) is 2.54. The fourth-order valence-electron chi connectivity index (χ4n) is 1.97. The van der Waals surface area contributed by atoms with Gasteiger partial charge in [-0.2, -0.15) is 0 Å². The molecule has 0 aromatic heterocycles. The highest BCUT2D eigenvalue weighted by atomic mass is 79.9. The van der Waals surface area contributed by atoms with Crippen LogP contribution in [-0.4, -0.2) is 24.9 Å². The molecule has 2 aromatic rings. The van der Waals surface area contributed by atoms with Gasteiger partial charge < -0.3 is 10.6 Å². The van der Waals surface area contributed by atoms with Crippen LogP contribution in [0.1, 0.15) is 15.9 Å². The maximum Gasteiger partial charge on any atom is 0.252 e. The first kappa shape index (κ1) is 17.1. The molecule has 0 fully saturated rings. The molecule has 0 saturated carbocycles. The van der Waals surface area contributed by atoms with Crippen LogP contribution >= 0.6 is 15.9 Å². The first-order chi connectivity index (χ1) is 11.1. The van der Waals surface area contributed by atoms with E-state index >= 15 is 0 Å². The summed E-state index contributed by atoms with van der Waals surface area (Å²) in [7, 11) is 0. The number of amides is 2. The van der Waals surface area contributed by atoms with Crippen LogP contribution in [0.25, 0.3) is 0 Å². The van der Waals surface area contributed by atoms with Crippen molar-refractivity contribution in [2.24, 2.45) is 0 Å². The monoisotopic (exact) mass is 378 g/mol. The number of rotatable bonds is 6. The van der Waals surface area contributed by atoms with Gasteiger partial charge in [0, 0.05) is 17.6 Å². The molecule has 0 heterocycles. The Balaban J connectivity index is 1.71. The van der Waals surface area contributed by atoms with Gasteiger partial charge in [0.1, 0.15) is 5.82 Å². The Bertz CT molecular complexity index is 689. The lowest BCUT2D eigenvalue weighted by molar-refractivity contribution is -0.120. The smallest absolute Gasteiger partial charge is 0.252 e. The van der Waals surface area contributed by atoms with Crippen molar-refractivity contribution in [2.75, 3.05) is 13.1 Å². The van der Waals surface area contributed by atoms with Crippen LogP contribution in [0.4, 0.5) is 4.39 Å². The van der Waals surface area contributed by atoms with Crippen LogP contribution in [0, 0.1) is 5.82 Å². The van der Waals surface area contributed by atoms with E-state index in [-0.39, 0.29) is 24.1 Å². The van der Waals surface area contributed by atoms with Gasteiger partial charge in [0.25, 0.3) is 5.91 Å². The Morgan fingerprint density at radius 2 is 1.61 bits per heavy atom. The Morgan fingerprint density at radius 1 is 0.957 bits per heavy atom. The van der Waals surface area contributed by atoms with E-state index in [9.17, 15) is 14.0 Å². The molecule has 0 spiro atoms. The molecule has 2 aromatic carbocycles. The average molecular weight is 379 g/mol. The van der Waals surface area contributed by atoms with Gasteiger partial charge in [-0.05, 0) is 45.8 Å².